The molecule has 23 heavy (non-hydrogen) atoms. The highest BCUT2D eigenvalue weighted by molar-refractivity contribution is 5.88. The largest absolute Gasteiger partial charge is 0.478 e. The smallest absolute Gasteiger partial charge is 0.332 e. The van der Waals surface area contributed by atoms with Gasteiger partial charge in [0.05, 0.1) is 11.5 Å². The van der Waals surface area contributed by atoms with Crippen LogP contribution in [0.3, 0.4) is 0 Å². The average molecular weight is 323 g/mol. The van der Waals surface area contributed by atoms with Crippen LogP contribution in [0.25, 0.3) is 0 Å². The van der Waals surface area contributed by atoms with E-state index in [2.05, 4.69) is 13.2 Å². The molecule has 1 aliphatic rings. The lowest BCUT2D eigenvalue weighted by molar-refractivity contribution is -0.148. The zero-order chi connectivity index (χ0) is 18.2. The summed E-state index contributed by atoms with van der Waals surface area (Å²) in [5, 5.41) is 8.63. The molecule has 1 saturated heterocycles. The highest BCUT2D eigenvalue weighted by Crippen LogP contribution is 2.19. The predicted molar refractivity (Wildman–Crippen MR) is 87.5 cm³/mol. The van der Waals surface area contributed by atoms with Gasteiger partial charge in [-0.25, -0.2) is 9.59 Å². The monoisotopic (exact) mass is 323 g/mol. The van der Waals surface area contributed by atoms with Gasteiger partial charge in [0.1, 0.15) is 5.60 Å². The standard InChI is InChI=1S/C10H13NO3.C7H12O2/c1-3-8-4-5-11(9(8)12)6-7(2)10(13)14;1-5-6(8)9-7(2,3)4/h3,6,8H,1,4-5H2,2H3,(H,13,14);5H,1H2,2-4H3. The summed E-state index contributed by atoms with van der Waals surface area (Å²) in [6.07, 6.45) is 4.86. The number of carbonyl (C=O) groups excluding carboxylic acids is 2. The number of carboxylic acid groups (broad SMARTS) is 1. The summed E-state index contributed by atoms with van der Waals surface area (Å²) in [6.45, 7) is 14.3. The zero-order valence-electron chi connectivity index (χ0n) is 14.2. The lowest BCUT2D eigenvalue weighted by atomic mass is 10.1. The molecular formula is C17H25NO5. The van der Waals surface area contributed by atoms with Crippen molar-refractivity contribution < 1.29 is 24.2 Å². The Kier molecular flexibility index (Phi) is 8.00. The predicted octanol–water partition coefficient (Wildman–Crippen LogP) is 2.52. The fourth-order valence-electron chi connectivity index (χ4n) is 1.70. The van der Waals surface area contributed by atoms with Crippen molar-refractivity contribution in [2.75, 3.05) is 6.54 Å². The third kappa shape index (κ3) is 7.99. The summed E-state index contributed by atoms with van der Waals surface area (Å²) in [6, 6.07) is 0. The van der Waals surface area contributed by atoms with Gasteiger partial charge >= 0.3 is 11.9 Å². The lowest BCUT2D eigenvalue weighted by Crippen LogP contribution is -2.22. The van der Waals surface area contributed by atoms with Crippen molar-refractivity contribution in [3.63, 3.8) is 0 Å². The van der Waals surface area contributed by atoms with Crippen LogP contribution in [0.5, 0.6) is 0 Å². The van der Waals surface area contributed by atoms with E-state index in [-0.39, 0.29) is 23.4 Å². The minimum Gasteiger partial charge on any atom is -0.478 e. The second kappa shape index (κ2) is 8.92. The van der Waals surface area contributed by atoms with Gasteiger partial charge in [-0.2, -0.15) is 0 Å². The van der Waals surface area contributed by atoms with Gasteiger partial charge in [-0.15, -0.1) is 6.58 Å². The maximum Gasteiger partial charge on any atom is 0.332 e. The minimum atomic E-state index is -1.00. The molecule has 0 radical (unpaired) electrons. The van der Waals surface area contributed by atoms with Crippen molar-refractivity contribution in [2.45, 2.75) is 39.7 Å². The second-order valence-electron chi connectivity index (χ2n) is 6.02. The summed E-state index contributed by atoms with van der Waals surface area (Å²) in [5.74, 6) is -1.60. The zero-order valence-corrected chi connectivity index (χ0v) is 14.2. The number of amides is 1. The number of aliphatic carboxylic acids is 1. The third-order valence-electron chi connectivity index (χ3n) is 2.83. The van der Waals surface area contributed by atoms with Crippen LogP contribution in [0.2, 0.25) is 0 Å². The minimum absolute atomic E-state index is 0.0689. The number of nitrogens with zero attached hydrogens (tertiary/aromatic N) is 1. The molecule has 0 bridgehead atoms. The Morgan fingerprint density at radius 1 is 1.35 bits per heavy atom. The molecule has 0 aromatic carbocycles. The SMILES string of the molecule is C=CC(=O)OC(C)(C)C.C=CC1CCN(C=C(C)C(=O)O)C1=O. The van der Waals surface area contributed by atoms with Crippen molar-refractivity contribution in [1.82, 2.24) is 4.90 Å². The van der Waals surface area contributed by atoms with Crippen LogP contribution in [0.15, 0.2) is 37.1 Å². The number of hydrogen-bond acceptors (Lipinski definition) is 4. The maximum atomic E-state index is 11.5. The first kappa shape index (κ1) is 20.6. The molecule has 0 aromatic rings. The summed E-state index contributed by atoms with van der Waals surface area (Å²) in [4.78, 5) is 34.0. The Morgan fingerprint density at radius 2 is 1.91 bits per heavy atom. The molecule has 0 aromatic heterocycles. The first-order chi connectivity index (χ1) is 10.5. The van der Waals surface area contributed by atoms with Crippen molar-refractivity contribution in [3.8, 4) is 0 Å². The topological polar surface area (TPSA) is 83.9 Å². The summed E-state index contributed by atoms with van der Waals surface area (Å²) >= 11 is 0. The fourth-order valence-corrected chi connectivity index (χ4v) is 1.70. The number of ether oxygens (including phenoxy) is 1. The second-order valence-corrected chi connectivity index (χ2v) is 6.02. The van der Waals surface area contributed by atoms with E-state index in [9.17, 15) is 14.4 Å². The Morgan fingerprint density at radius 3 is 2.22 bits per heavy atom. The van der Waals surface area contributed by atoms with Crippen LogP contribution >= 0.6 is 0 Å². The van der Waals surface area contributed by atoms with Crippen molar-refractivity contribution >= 4 is 17.8 Å². The van der Waals surface area contributed by atoms with Gasteiger partial charge in [-0.05, 0) is 34.1 Å². The first-order valence-electron chi connectivity index (χ1n) is 7.22. The number of esters is 1. The van der Waals surface area contributed by atoms with Gasteiger partial charge in [0.25, 0.3) is 0 Å². The molecule has 1 amide bonds. The van der Waals surface area contributed by atoms with Gasteiger partial charge in [-0.3, -0.25) is 4.79 Å². The van der Waals surface area contributed by atoms with E-state index in [1.54, 1.807) is 6.08 Å². The highest BCUT2D eigenvalue weighted by atomic mass is 16.6. The van der Waals surface area contributed by atoms with E-state index < -0.39 is 11.6 Å². The van der Waals surface area contributed by atoms with Gasteiger partial charge in [0.2, 0.25) is 5.91 Å². The molecule has 0 aliphatic carbocycles. The fraction of sp³-hybridized carbons (Fsp3) is 0.471. The van der Waals surface area contributed by atoms with E-state index in [1.165, 1.54) is 18.0 Å². The number of carbonyl (C=O) groups is 3. The molecule has 0 spiro atoms. The van der Waals surface area contributed by atoms with Crippen LogP contribution in [0.4, 0.5) is 0 Å². The number of rotatable bonds is 4. The first-order valence-corrected chi connectivity index (χ1v) is 7.22. The van der Waals surface area contributed by atoms with Gasteiger partial charge in [-0.1, -0.05) is 12.7 Å². The Bertz CT molecular complexity index is 514. The van der Waals surface area contributed by atoms with Crippen LogP contribution < -0.4 is 0 Å². The van der Waals surface area contributed by atoms with E-state index in [0.29, 0.717) is 13.0 Å². The molecule has 1 rings (SSSR count). The molecular weight excluding hydrogens is 298 g/mol. The normalized spacial score (nSPS) is 17.9. The van der Waals surface area contributed by atoms with Gasteiger partial charge in [0, 0.05) is 18.8 Å². The molecule has 1 unspecified atom stereocenters. The number of likely N-dealkylation sites (tertiary alicyclic amines) is 1. The van der Waals surface area contributed by atoms with Crippen LogP contribution in [0, 0.1) is 5.92 Å². The lowest BCUT2D eigenvalue weighted by Gasteiger charge is -2.17. The van der Waals surface area contributed by atoms with Crippen molar-refractivity contribution in [1.29, 1.82) is 0 Å². The number of carboxylic acids is 1. The maximum absolute atomic E-state index is 11.5. The molecule has 1 heterocycles. The van der Waals surface area contributed by atoms with Gasteiger partial charge < -0.3 is 14.7 Å². The molecule has 0 saturated carbocycles. The molecule has 6 nitrogen and oxygen atoms in total. The van der Waals surface area contributed by atoms with E-state index in [1.807, 2.05) is 20.8 Å². The van der Waals surface area contributed by atoms with Crippen LogP contribution in [0.1, 0.15) is 34.1 Å². The molecule has 1 atom stereocenters. The molecule has 1 aliphatic heterocycles. The quantitative estimate of drug-likeness (QED) is 0.488. The Balaban J connectivity index is 0.000000468. The van der Waals surface area contributed by atoms with Gasteiger partial charge in [0.15, 0.2) is 0 Å². The summed E-state index contributed by atoms with van der Waals surface area (Å²) in [7, 11) is 0. The Labute approximate surface area is 137 Å². The molecule has 128 valence electrons. The molecule has 1 N–H and O–H groups in total. The summed E-state index contributed by atoms with van der Waals surface area (Å²) in [5.41, 5.74) is -0.228. The molecule has 1 fully saturated rings. The average Bonchev–Trinajstić information content (AvgIpc) is 2.78. The highest BCUT2D eigenvalue weighted by Gasteiger charge is 2.28. The van der Waals surface area contributed by atoms with Crippen LogP contribution in [-0.2, 0) is 19.1 Å². The van der Waals surface area contributed by atoms with Crippen molar-refractivity contribution in [2.24, 2.45) is 5.92 Å². The van der Waals surface area contributed by atoms with E-state index >= 15 is 0 Å². The Hall–Kier alpha value is -2.37. The van der Waals surface area contributed by atoms with E-state index in [0.717, 1.165) is 6.08 Å². The van der Waals surface area contributed by atoms with Crippen LogP contribution in [-0.4, -0.2) is 40.0 Å². The number of hydrogen-bond donors (Lipinski definition) is 1. The van der Waals surface area contributed by atoms with E-state index in [4.69, 9.17) is 9.84 Å². The molecule has 6 heteroatoms. The third-order valence-corrected chi connectivity index (χ3v) is 2.83. The van der Waals surface area contributed by atoms with Crippen molar-refractivity contribution in [3.05, 3.63) is 37.1 Å². The summed E-state index contributed by atoms with van der Waals surface area (Å²) < 4.78 is 4.83.